The largest absolute Gasteiger partial charge is 0.491 e. The molecule has 0 saturated carbocycles. The minimum Gasteiger partial charge on any atom is -0.491 e. The molecule has 8 heteroatoms. The summed E-state index contributed by atoms with van der Waals surface area (Å²) in [6, 6.07) is 11.6. The monoisotopic (exact) mass is 408 g/mol. The Hall–Kier alpha value is -2.61. The summed E-state index contributed by atoms with van der Waals surface area (Å²) in [5, 5.41) is 2.70. The molecule has 1 atom stereocenters. The van der Waals surface area contributed by atoms with Crippen LogP contribution in [0.3, 0.4) is 0 Å². The summed E-state index contributed by atoms with van der Waals surface area (Å²) in [4.78, 5) is 12.6. The van der Waals surface area contributed by atoms with Crippen molar-refractivity contribution in [3.8, 4) is 5.75 Å². The molecule has 1 N–H and O–H groups in total. The van der Waals surface area contributed by atoms with Gasteiger partial charge in [-0.1, -0.05) is 24.3 Å². The maximum absolute atomic E-state index is 14.1. The zero-order chi connectivity index (χ0) is 20.9. The van der Waals surface area contributed by atoms with Crippen molar-refractivity contribution in [2.45, 2.75) is 39.5 Å². The number of carbonyl (C=O) groups excluding carboxylic acids is 1. The van der Waals surface area contributed by atoms with E-state index < -0.39 is 27.8 Å². The Kier molecular flexibility index (Phi) is 7.01. The van der Waals surface area contributed by atoms with Crippen LogP contribution < -0.4 is 14.4 Å². The fourth-order valence-electron chi connectivity index (χ4n) is 2.75. The maximum atomic E-state index is 14.1. The van der Waals surface area contributed by atoms with E-state index in [0.29, 0.717) is 5.75 Å². The van der Waals surface area contributed by atoms with Crippen LogP contribution in [0.25, 0.3) is 0 Å². The Morgan fingerprint density at radius 1 is 1.14 bits per heavy atom. The van der Waals surface area contributed by atoms with E-state index in [0.717, 1.165) is 22.2 Å². The van der Waals surface area contributed by atoms with Crippen molar-refractivity contribution in [3.05, 3.63) is 59.9 Å². The lowest BCUT2D eigenvalue weighted by Crippen LogP contribution is -2.48. The number of halogens is 1. The quantitative estimate of drug-likeness (QED) is 0.728. The first-order valence-electron chi connectivity index (χ1n) is 8.87. The first kappa shape index (κ1) is 21.7. The fraction of sp³-hybridized carbons (Fsp3) is 0.350. The van der Waals surface area contributed by atoms with Crippen molar-refractivity contribution in [1.29, 1.82) is 0 Å². The van der Waals surface area contributed by atoms with Crippen LogP contribution in [-0.4, -0.2) is 32.7 Å². The molecule has 152 valence electrons. The molecule has 2 aromatic carbocycles. The fourth-order valence-corrected chi connectivity index (χ4v) is 3.92. The van der Waals surface area contributed by atoms with Crippen molar-refractivity contribution in [2.75, 3.05) is 10.6 Å². The highest BCUT2D eigenvalue weighted by Crippen LogP contribution is 2.24. The van der Waals surface area contributed by atoms with E-state index >= 15 is 0 Å². The van der Waals surface area contributed by atoms with Crippen molar-refractivity contribution in [2.24, 2.45) is 0 Å². The first-order valence-corrected chi connectivity index (χ1v) is 10.7. The Morgan fingerprint density at radius 3 is 2.43 bits per heavy atom. The van der Waals surface area contributed by atoms with Crippen LogP contribution in [0, 0.1) is 5.82 Å². The van der Waals surface area contributed by atoms with Crippen LogP contribution in [0.4, 0.5) is 10.1 Å². The number of carbonyl (C=O) groups is 1. The lowest BCUT2D eigenvalue weighted by molar-refractivity contribution is -0.122. The van der Waals surface area contributed by atoms with Crippen LogP contribution in [0.1, 0.15) is 26.3 Å². The zero-order valence-corrected chi connectivity index (χ0v) is 17.2. The second-order valence-electron chi connectivity index (χ2n) is 6.72. The molecule has 1 amide bonds. The third-order valence-electron chi connectivity index (χ3n) is 3.92. The molecule has 6 nitrogen and oxygen atoms in total. The van der Waals surface area contributed by atoms with Crippen LogP contribution in [0.2, 0.25) is 0 Å². The Morgan fingerprint density at radius 2 is 1.82 bits per heavy atom. The van der Waals surface area contributed by atoms with E-state index in [4.69, 9.17) is 4.74 Å². The van der Waals surface area contributed by atoms with Gasteiger partial charge in [0.25, 0.3) is 0 Å². The summed E-state index contributed by atoms with van der Waals surface area (Å²) >= 11 is 0. The lowest BCUT2D eigenvalue weighted by Gasteiger charge is -2.28. The van der Waals surface area contributed by atoms with Gasteiger partial charge in [-0.25, -0.2) is 12.8 Å². The maximum Gasteiger partial charge on any atom is 0.243 e. The molecule has 0 aromatic heterocycles. The normalized spacial score (nSPS) is 12.5. The van der Waals surface area contributed by atoms with Crippen LogP contribution in [0.5, 0.6) is 5.75 Å². The van der Waals surface area contributed by atoms with Gasteiger partial charge < -0.3 is 10.1 Å². The molecular formula is C20H25FN2O4S. The number of benzene rings is 2. The molecule has 2 rings (SSSR count). The molecule has 0 fully saturated rings. The van der Waals surface area contributed by atoms with Gasteiger partial charge in [0.2, 0.25) is 15.9 Å². The van der Waals surface area contributed by atoms with Gasteiger partial charge in [-0.15, -0.1) is 0 Å². The predicted molar refractivity (Wildman–Crippen MR) is 107 cm³/mol. The summed E-state index contributed by atoms with van der Waals surface area (Å²) in [6.07, 6.45) is 0.963. The Balaban J connectivity index is 2.15. The Bertz CT molecular complexity index is 931. The minimum atomic E-state index is -3.88. The van der Waals surface area contributed by atoms with E-state index in [2.05, 4.69) is 5.32 Å². The number of nitrogens with one attached hydrogen (secondary N) is 1. The zero-order valence-electron chi connectivity index (χ0n) is 16.3. The number of hydrogen-bond donors (Lipinski definition) is 1. The van der Waals surface area contributed by atoms with E-state index in [1.807, 2.05) is 32.0 Å². The number of sulfonamides is 1. The van der Waals surface area contributed by atoms with E-state index in [-0.39, 0.29) is 18.3 Å². The van der Waals surface area contributed by atoms with E-state index in [9.17, 15) is 17.6 Å². The number of hydrogen-bond acceptors (Lipinski definition) is 4. The highest BCUT2D eigenvalue weighted by atomic mass is 32.2. The topological polar surface area (TPSA) is 75.7 Å². The van der Waals surface area contributed by atoms with E-state index in [1.165, 1.54) is 25.1 Å². The summed E-state index contributed by atoms with van der Waals surface area (Å²) in [6.45, 7) is 5.44. The average Bonchev–Trinajstić information content (AvgIpc) is 2.60. The second-order valence-corrected chi connectivity index (χ2v) is 8.58. The molecule has 0 aliphatic heterocycles. The van der Waals surface area contributed by atoms with Gasteiger partial charge in [0, 0.05) is 6.54 Å². The molecule has 0 radical (unpaired) electrons. The van der Waals surface area contributed by atoms with Crippen LogP contribution in [0.15, 0.2) is 48.5 Å². The summed E-state index contributed by atoms with van der Waals surface area (Å²) < 4.78 is 45.0. The van der Waals surface area contributed by atoms with Crippen LogP contribution >= 0.6 is 0 Å². The van der Waals surface area contributed by atoms with Crippen LogP contribution in [-0.2, 0) is 21.4 Å². The molecule has 0 aliphatic rings. The molecule has 2 aromatic rings. The van der Waals surface area contributed by atoms with Gasteiger partial charge in [0.05, 0.1) is 18.0 Å². The summed E-state index contributed by atoms with van der Waals surface area (Å²) in [7, 11) is -3.88. The third kappa shape index (κ3) is 5.69. The number of nitrogens with zero attached hydrogens (tertiary/aromatic N) is 1. The van der Waals surface area contributed by atoms with Crippen molar-refractivity contribution >= 4 is 21.6 Å². The van der Waals surface area contributed by atoms with Gasteiger partial charge in [-0.05, 0) is 50.6 Å². The lowest BCUT2D eigenvalue weighted by atomic mass is 10.2. The molecule has 1 unspecified atom stereocenters. The second kappa shape index (κ2) is 9.05. The minimum absolute atomic E-state index is 0.0222. The average molecular weight is 408 g/mol. The van der Waals surface area contributed by atoms with Crippen molar-refractivity contribution < 1.29 is 22.3 Å². The molecule has 0 spiro atoms. The molecule has 28 heavy (non-hydrogen) atoms. The van der Waals surface area contributed by atoms with Gasteiger partial charge in [0.15, 0.2) is 0 Å². The highest BCUT2D eigenvalue weighted by Gasteiger charge is 2.30. The summed E-state index contributed by atoms with van der Waals surface area (Å²) in [5.74, 6) is -0.575. The first-order chi connectivity index (χ1) is 13.1. The molecule has 0 heterocycles. The van der Waals surface area contributed by atoms with Crippen molar-refractivity contribution in [1.82, 2.24) is 5.32 Å². The molecule has 0 aliphatic carbocycles. The molecule has 0 saturated heterocycles. The van der Waals surface area contributed by atoms with Gasteiger partial charge >= 0.3 is 0 Å². The number of anilines is 1. The number of rotatable bonds is 8. The van der Waals surface area contributed by atoms with Gasteiger partial charge in [-0.3, -0.25) is 9.10 Å². The van der Waals surface area contributed by atoms with Gasteiger partial charge in [-0.2, -0.15) is 0 Å². The summed E-state index contributed by atoms with van der Waals surface area (Å²) in [5.41, 5.74) is 0.635. The number of para-hydroxylation sites is 1. The SMILES string of the molecule is CC(C)Oc1cccc(CNC(=O)C(C)N(c2ccccc2F)S(C)(=O)=O)c1. The predicted octanol–water partition coefficient (Wildman–Crippen LogP) is 3.08. The smallest absolute Gasteiger partial charge is 0.243 e. The third-order valence-corrected chi connectivity index (χ3v) is 5.14. The highest BCUT2D eigenvalue weighted by molar-refractivity contribution is 7.92. The molecular weight excluding hydrogens is 383 g/mol. The van der Waals surface area contributed by atoms with Crippen molar-refractivity contribution in [3.63, 3.8) is 0 Å². The number of amides is 1. The standard InChI is InChI=1S/C20H25FN2O4S/c1-14(2)27-17-9-7-8-16(12-17)13-22-20(24)15(3)23(28(4,25)26)19-11-6-5-10-18(19)21/h5-12,14-15H,13H2,1-4H3,(H,22,24). The molecule has 0 bridgehead atoms. The van der Waals surface area contributed by atoms with Gasteiger partial charge in [0.1, 0.15) is 17.6 Å². The number of ether oxygens (including phenoxy) is 1. The van der Waals surface area contributed by atoms with E-state index in [1.54, 1.807) is 6.07 Å². The Labute approximate surface area is 165 Å².